The van der Waals surface area contributed by atoms with Crippen LogP contribution in [0.3, 0.4) is 0 Å². The number of rotatable bonds is 4. The van der Waals surface area contributed by atoms with E-state index in [1.54, 1.807) is 25.1 Å². The van der Waals surface area contributed by atoms with E-state index >= 15 is 0 Å². The number of sulfonamides is 1. The number of fused-ring (bicyclic) bond motifs is 1. The molecule has 0 bridgehead atoms. The molecule has 0 spiro atoms. The molecule has 2 atom stereocenters. The Labute approximate surface area is 157 Å². The summed E-state index contributed by atoms with van der Waals surface area (Å²) in [6.07, 6.45) is 1.67. The number of carbonyl (C=O) groups excluding carboxylic acids is 1. The highest BCUT2D eigenvalue weighted by molar-refractivity contribution is 7.92. The molecule has 3 rings (SSSR count). The molecule has 2 aromatic rings. The van der Waals surface area contributed by atoms with Crippen molar-refractivity contribution in [3.05, 3.63) is 64.7 Å². The third-order valence-electron chi connectivity index (χ3n) is 4.64. The van der Waals surface area contributed by atoms with Crippen LogP contribution in [0.15, 0.2) is 36.4 Å². The van der Waals surface area contributed by atoms with Gasteiger partial charge in [-0.1, -0.05) is 6.07 Å². The van der Waals surface area contributed by atoms with Gasteiger partial charge < -0.3 is 5.32 Å². The van der Waals surface area contributed by atoms with Crippen molar-refractivity contribution in [3.63, 3.8) is 0 Å². The Morgan fingerprint density at radius 3 is 2.52 bits per heavy atom. The predicted molar refractivity (Wildman–Crippen MR) is 99.2 cm³/mol. The number of hydrogen-bond donors (Lipinski definition) is 1. The lowest BCUT2D eigenvalue weighted by atomic mass is 10.0. The highest BCUT2D eigenvalue weighted by Crippen LogP contribution is 2.34. The number of carbonyl (C=O) groups is 1. The first-order valence-corrected chi connectivity index (χ1v) is 10.3. The standard InChI is InChI=1S/C19H20F2N2O3S/c1-11-8-15-9-14(5-7-18(15)23(11)27(3,25)26)19(24)22-12(2)13-4-6-16(20)17(21)10-13/h4-7,9-12H,8H2,1-3H3,(H,22,24)/t11-,12-/m1/s1. The van der Waals surface area contributed by atoms with Crippen molar-refractivity contribution in [2.24, 2.45) is 0 Å². The van der Waals surface area contributed by atoms with Gasteiger partial charge >= 0.3 is 0 Å². The molecule has 1 aliphatic rings. The van der Waals surface area contributed by atoms with Crippen LogP contribution < -0.4 is 9.62 Å². The van der Waals surface area contributed by atoms with Gasteiger partial charge in [0.2, 0.25) is 10.0 Å². The fourth-order valence-electron chi connectivity index (χ4n) is 3.39. The molecule has 0 radical (unpaired) electrons. The molecule has 0 saturated carbocycles. The summed E-state index contributed by atoms with van der Waals surface area (Å²) in [7, 11) is -3.39. The summed E-state index contributed by atoms with van der Waals surface area (Å²) in [5.74, 6) is -2.29. The van der Waals surface area contributed by atoms with E-state index in [4.69, 9.17) is 0 Å². The van der Waals surface area contributed by atoms with Crippen molar-refractivity contribution < 1.29 is 22.0 Å². The normalized spacial score (nSPS) is 17.5. The third kappa shape index (κ3) is 3.80. The first kappa shape index (κ1) is 19.3. The van der Waals surface area contributed by atoms with Gasteiger partial charge in [0, 0.05) is 11.6 Å². The van der Waals surface area contributed by atoms with Crippen molar-refractivity contribution in [1.82, 2.24) is 5.32 Å². The summed E-state index contributed by atoms with van der Waals surface area (Å²) < 4.78 is 51.7. The highest BCUT2D eigenvalue weighted by atomic mass is 32.2. The molecule has 0 fully saturated rings. The summed E-state index contributed by atoms with van der Waals surface area (Å²) in [6, 6.07) is 7.60. The Balaban J connectivity index is 1.81. The van der Waals surface area contributed by atoms with E-state index in [0.29, 0.717) is 23.2 Å². The molecule has 0 aromatic heterocycles. The van der Waals surface area contributed by atoms with Gasteiger partial charge in [-0.05, 0) is 61.7 Å². The van der Waals surface area contributed by atoms with Crippen LogP contribution in [0.2, 0.25) is 0 Å². The van der Waals surface area contributed by atoms with E-state index < -0.39 is 27.7 Å². The molecule has 1 aliphatic heterocycles. The quantitative estimate of drug-likeness (QED) is 0.866. The maximum absolute atomic E-state index is 13.4. The van der Waals surface area contributed by atoms with Gasteiger partial charge in [0.25, 0.3) is 5.91 Å². The molecular formula is C19H20F2N2O3S. The Kier molecular flexibility index (Phi) is 4.94. The minimum absolute atomic E-state index is 0.213. The molecule has 27 heavy (non-hydrogen) atoms. The number of anilines is 1. The zero-order chi connectivity index (χ0) is 19.9. The van der Waals surface area contributed by atoms with Gasteiger partial charge in [-0.2, -0.15) is 0 Å². The smallest absolute Gasteiger partial charge is 0.251 e. The van der Waals surface area contributed by atoms with E-state index in [1.807, 2.05) is 6.92 Å². The summed E-state index contributed by atoms with van der Waals surface area (Å²) in [4.78, 5) is 12.5. The van der Waals surface area contributed by atoms with Gasteiger partial charge in [0.1, 0.15) is 0 Å². The van der Waals surface area contributed by atoms with Gasteiger partial charge in [-0.15, -0.1) is 0 Å². The van der Waals surface area contributed by atoms with Crippen LogP contribution in [0.1, 0.15) is 41.4 Å². The van der Waals surface area contributed by atoms with E-state index in [0.717, 1.165) is 24.0 Å². The van der Waals surface area contributed by atoms with Crippen LogP contribution in [0, 0.1) is 11.6 Å². The van der Waals surface area contributed by atoms with E-state index in [1.165, 1.54) is 10.4 Å². The Morgan fingerprint density at radius 2 is 1.89 bits per heavy atom. The number of halogens is 2. The SMILES string of the molecule is C[C@@H]1Cc2cc(C(=O)N[C@H](C)c3ccc(F)c(F)c3)ccc2N1S(C)(=O)=O. The fourth-order valence-corrected chi connectivity index (χ4v) is 4.66. The molecular weight excluding hydrogens is 374 g/mol. The maximum atomic E-state index is 13.4. The molecule has 8 heteroatoms. The van der Waals surface area contributed by atoms with Crippen LogP contribution in [-0.2, 0) is 16.4 Å². The Morgan fingerprint density at radius 1 is 1.19 bits per heavy atom. The number of benzene rings is 2. The number of nitrogens with zero attached hydrogens (tertiary/aromatic N) is 1. The second-order valence-corrected chi connectivity index (χ2v) is 8.68. The molecule has 1 heterocycles. The summed E-state index contributed by atoms with van der Waals surface area (Å²) in [5.41, 5.74) is 2.18. The molecule has 144 valence electrons. The van der Waals surface area contributed by atoms with E-state index in [9.17, 15) is 22.0 Å². The highest BCUT2D eigenvalue weighted by Gasteiger charge is 2.32. The number of nitrogens with one attached hydrogen (secondary N) is 1. The first-order chi connectivity index (χ1) is 12.6. The van der Waals surface area contributed by atoms with Gasteiger partial charge in [-0.3, -0.25) is 9.10 Å². The zero-order valence-corrected chi connectivity index (χ0v) is 16.0. The third-order valence-corrected chi connectivity index (χ3v) is 5.91. The van der Waals surface area contributed by atoms with E-state index in [2.05, 4.69) is 5.32 Å². The lowest BCUT2D eigenvalue weighted by Crippen LogP contribution is -2.34. The van der Waals surface area contributed by atoms with E-state index in [-0.39, 0.29) is 11.9 Å². The van der Waals surface area contributed by atoms with Crippen molar-refractivity contribution in [2.45, 2.75) is 32.4 Å². The Hall–Kier alpha value is -2.48. The van der Waals surface area contributed by atoms with Crippen molar-refractivity contribution in [3.8, 4) is 0 Å². The average molecular weight is 394 g/mol. The second kappa shape index (κ2) is 6.92. The minimum Gasteiger partial charge on any atom is -0.346 e. The minimum atomic E-state index is -3.39. The summed E-state index contributed by atoms with van der Waals surface area (Å²) >= 11 is 0. The first-order valence-electron chi connectivity index (χ1n) is 8.46. The van der Waals surface area contributed by atoms with Crippen LogP contribution in [0.25, 0.3) is 0 Å². The number of hydrogen-bond acceptors (Lipinski definition) is 3. The van der Waals surface area contributed by atoms with Crippen molar-refractivity contribution in [2.75, 3.05) is 10.6 Å². The molecule has 1 N–H and O–H groups in total. The molecule has 1 amide bonds. The monoisotopic (exact) mass is 394 g/mol. The van der Waals surface area contributed by atoms with Crippen LogP contribution in [0.5, 0.6) is 0 Å². The largest absolute Gasteiger partial charge is 0.346 e. The predicted octanol–water partition coefficient (Wildman–Crippen LogP) is 3.17. The van der Waals surface area contributed by atoms with Gasteiger partial charge in [0.15, 0.2) is 11.6 Å². The molecule has 0 saturated heterocycles. The second-order valence-electron chi connectivity index (χ2n) is 6.82. The fraction of sp³-hybridized carbons (Fsp3) is 0.316. The molecule has 5 nitrogen and oxygen atoms in total. The zero-order valence-electron chi connectivity index (χ0n) is 15.2. The Bertz CT molecular complexity index is 1010. The number of amides is 1. The van der Waals surface area contributed by atoms with Crippen LogP contribution in [0.4, 0.5) is 14.5 Å². The molecule has 0 unspecified atom stereocenters. The van der Waals surface area contributed by atoms with Gasteiger partial charge in [-0.25, -0.2) is 17.2 Å². The van der Waals surface area contributed by atoms with Crippen molar-refractivity contribution in [1.29, 1.82) is 0 Å². The topological polar surface area (TPSA) is 66.5 Å². The summed E-state index contributed by atoms with van der Waals surface area (Å²) in [6.45, 7) is 3.48. The van der Waals surface area contributed by atoms with Gasteiger partial charge in [0.05, 0.1) is 18.0 Å². The van der Waals surface area contributed by atoms with Crippen molar-refractivity contribution >= 4 is 21.6 Å². The average Bonchev–Trinajstić information content (AvgIpc) is 2.92. The lowest BCUT2D eigenvalue weighted by Gasteiger charge is -2.22. The molecule has 2 aromatic carbocycles. The molecule has 0 aliphatic carbocycles. The van der Waals surface area contributed by atoms with Crippen LogP contribution >= 0.6 is 0 Å². The lowest BCUT2D eigenvalue weighted by molar-refractivity contribution is 0.0939. The van der Waals surface area contributed by atoms with Crippen LogP contribution in [-0.4, -0.2) is 26.6 Å². The summed E-state index contributed by atoms with van der Waals surface area (Å²) in [5, 5.41) is 2.74. The maximum Gasteiger partial charge on any atom is 0.251 e.